The van der Waals surface area contributed by atoms with E-state index in [0.29, 0.717) is 6.54 Å². The van der Waals surface area contributed by atoms with Crippen LogP contribution in [0.2, 0.25) is 0 Å². The number of carbonyl (C=O) groups excluding carboxylic acids is 1. The first-order valence-corrected chi connectivity index (χ1v) is 5.90. The molecule has 5 nitrogen and oxygen atoms in total. The number of rotatable bonds is 6. The van der Waals surface area contributed by atoms with Crippen LogP contribution in [0.15, 0.2) is 35.4 Å². The van der Waals surface area contributed by atoms with E-state index in [1.807, 2.05) is 44.4 Å². The molecule has 0 saturated heterocycles. The predicted octanol–water partition coefficient (Wildman–Crippen LogP) is 1.35. The number of urea groups is 1. The van der Waals surface area contributed by atoms with Crippen LogP contribution in [-0.4, -0.2) is 49.3 Å². The minimum Gasteiger partial charge on any atom is -0.350 e. The zero-order valence-electron chi connectivity index (χ0n) is 10.9. The van der Waals surface area contributed by atoms with Gasteiger partial charge >= 0.3 is 6.03 Å². The second-order valence-corrected chi connectivity index (χ2v) is 4.27. The normalized spacial score (nSPS) is 11.1. The molecule has 2 N–H and O–H groups in total. The summed E-state index contributed by atoms with van der Waals surface area (Å²) in [6, 6.07) is 9.08. The van der Waals surface area contributed by atoms with Gasteiger partial charge in [-0.2, -0.15) is 5.10 Å². The maximum Gasteiger partial charge on any atom is 0.335 e. The zero-order chi connectivity index (χ0) is 13.4. The van der Waals surface area contributed by atoms with Crippen molar-refractivity contribution in [3.8, 4) is 0 Å². The first-order chi connectivity index (χ1) is 8.59. The molecule has 0 atom stereocenters. The Morgan fingerprint density at radius 2 is 1.94 bits per heavy atom. The van der Waals surface area contributed by atoms with Crippen molar-refractivity contribution in [1.82, 2.24) is 9.91 Å². The van der Waals surface area contributed by atoms with E-state index in [2.05, 4.69) is 10.0 Å². The van der Waals surface area contributed by atoms with Crippen molar-refractivity contribution < 1.29 is 4.79 Å². The molecular weight excluding hydrogens is 228 g/mol. The molecule has 0 radical (unpaired) electrons. The van der Waals surface area contributed by atoms with Crippen molar-refractivity contribution in [2.24, 2.45) is 10.8 Å². The van der Waals surface area contributed by atoms with Gasteiger partial charge in [0.2, 0.25) is 0 Å². The quantitative estimate of drug-likeness (QED) is 0.610. The number of hydrogen-bond acceptors (Lipinski definition) is 3. The highest BCUT2D eigenvalue weighted by molar-refractivity contribution is 5.81. The third-order valence-corrected chi connectivity index (χ3v) is 2.38. The van der Waals surface area contributed by atoms with E-state index >= 15 is 0 Å². The minimum absolute atomic E-state index is 0.525. The van der Waals surface area contributed by atoms with Crippen molar-refractivity contribution in [3.63, 3.8) is 0 Å². The van der Waals surface area contributed by atoms with E-state index in [9.17, 15) is 4.79 Å². The first kappa shape index (κ1) is 14.2. The van der Waals surface area contributed by atoms with Crippen molar-refractivity contribution in [1.29, 1.82) is 0 Å². The van der Waals surface area contributed by atoms with Crippen molar-refractivity contribution in [2.45, 2.75) is 6.42 Å². The fraction of sp³-hybridized carbons (Fsp3) is 0.385. The van der Waals surface area contributed by atoms with Gasteiger partial charge in [-0.15, -0.1) is 0 Å². The molecule has 0 saturated carbocycles. The lowest BCUT2D eigenvalue weighted by Gasteiger charge is -2.15. The van der Waals surface area contributed by atoms with Crippen LogP contribution in [0, 0.1) is 0 Å². The minimum atomic E-state index is -0.527. The van der Waals surface area contributed by atoms with Gasteiger partial charge in [0.25, 0.3) is 0 Å². The molecule has 0 aliphatic carbocycles. The van der Waals surface area contributed by atoms with E-state index in [1.54, 1.807) is 6.21 Å². The maximum absolute atomic E-state index is 11.2. The van der Waals surface area contributed by atoms with Crippen LogP contribution in [0.25, 0.3) is 0 Å². The van der Waals surface area contributed by atoms with Crippen LogP contribution in [0.5, 0.6) is 0 Å². The van der Waals surface area contributed by atoms with Crippen LogP contribution >= 0.6 is 0 Å². The predicted molar refractivity (Wildman–Crippen MR) is 73.5 cm³/mol. The Kier molecular flexibility index (Phi) is 5.87. The van der Waals surface area contributed by atoms with Crippen molar-refractivity contribution in [3.05, 3.63) is 35.9 Å². The molecule has 1 aromatic carbocycles. The molecule has 0 aromatic heterocycles. The fourth-order valence-electron chi connectivity index (χ4n) is 1.44. The highest BCUT2D eigenvalue weighted by Crippen LogP contribution is 1.98. The molecule has 18 heavy (non-hydrogen) atoms. The van der Waals surface area contributed by atoms with Crippen LogP contribution in [-0.2, 0) is 0 Å². The Morgan fingerprint density at radius 1 is 1.28 bits per heavy atom. The summed E-state index contributed by atoms with van der Waals surface area (Å²) in [5.74, 6) is 0. The third-order valence-electron chi connectivity index (χ3n) is 2.38. The molecule has 1 aromatic rings. The fourth-order valence-corrected chi connectivity index (χ4v) is 1.44. The average molecular weight is 248 g/mol. The van der Waals surface area contributed by atoms with Gasteiger partial charge in [0, 0.05) is 6.54 Å². The summed E-state index contributed by atoms with van der Waals surface area (Å²) >= 11 is 0. The topological polar surface area (TPSA) is 61.9 Å². The van der Waals surface area contributed by atoms with Crippen molar-refractivity contribution >= 4 is 12.2 Å². The van der Waals surface area contributed by atoms with Gasteiger partial charge in [-0.3, -0.25) is 0 Å². The molecule has 0 aliphatic heterocycles. The summed E-state index contributed by atoms with van der Waals surface area (Å²) in [5, 5.41) is 5.39. The van der Waals surface area contributed by atoms with Gasteiger partial charge in [0.15, 0.2) is 0 Å². The second-order valence-electron chi connectivity index (χ2n) is 4.27. The van der Waals surface area contributed by atoms with E-state index in [1.165, 1.54) is 5.01 Å². The Hall–Kier alpha value is -1.88. The summed E-state index contributed by atoms with van der Waals surface area (Å²) in [4.78, 5) is 13.3. The molecule has 0 bridgehead atoms. The monoisotopic (exact) mass is 248 g/mol. The molecule has 0 heterocycles. The number of primary amides is 1. The summed E-state index contributed by atoms with van der Waals surface area (Å²) in [7, 11) is 3.98. The molecular formula is C13H20N4O. The molecule has 1 rings (SSSR count). The molecule has 0 fully saturated rings. The van der Waals surface area contributed by atoms with E-state index in [4.69, 9.17) is 5.73 Å². The van der Waals surface area contributed by atoms with E-state index < -0.39 is 6.03 Å². The lowest BCUT2D eigenvalue weighted by Crippen LogP contribution is -2.33. The molecule has 0 unspecified atom stereocenters. The van der Waals surface area contributed by atoms with E-state index in [-0.39, 0.29) is 0 Å². The van der Waals surface area contributed by atoms with Crippen LogP contribution < -0.4 is 5.73 Å². The van der Waals surface area contributed by atoms with Crippen LogP contribution in [0.4, 0.5) is 4.79 Å². The first-order valence-electron chi connectivity index (χ1n) is 5.90. The molecule has 0 aliphatic rings. The Bertz CT molecular complexity index is 389. The molecule has 5 heteroatoms. The van der Waals surface area contributed by atoms with Gasteiger partial charge in [-0.25, -0.2) is 9.80 Å². The number of hydrazone groups is 1. The highest BCUT2D eigenvalue weighted by Gasteiger charge is 2.06. The van der Waals surface area contributed by atoms with Gasteiger partial charge < -0.3 is 10.6 Å². The lowest BCUT2D eigenvalue weighted by molar-refractivity contribution is 0.207. The van der Waals surface area contributed by atoms with E-state index in [0.717, 1.165) is 18.5 Å². The van der Waals surface area contributed by atoms with Crippen LogP contribution in [0.1, 0.15) is 12.0 Å². The Morgan fingerprint density at radius 3 is 2.50 bits per heavy atom. The Balaban J connectivity index is 2.52. The summed E-state index contributed by atoms with van der Waals surface area (Å²) in [6.07, 6.45) is 2.47. The number of amides is 2. The lowest BCUT2D eigenvalue weighted by atomic mass is 10.2. The Labute approximate surface area is 108 Å². The standard InChI is InChI=1S/C13H20N4O/c1-16(2)9-6-10-17(13(14)18)15-11-12-7-4-3-5-8-12/h3-5,7-8,11H,6,9-10H2,1-2H3,(H2,14,18)/b15-11-. The third kappa shape index (κ3) is 5.45. The van der Waals surface area contributed by atoms with Crippen molar-refractivity contribution in [2.75, 3.05) is 27.2 Å². The molecule has 2 amide bonds. The maximum atomic E-state index is 11.2. The highest BCUT2D eigenvalue weighted by atomic mass is 16.2. The number of hydrogen-bond donors (Lipinski definition) is 1. The molecule has 0 spiro atoms. The number of nitrogens with two attached hydrogens (primary N) is 1. The smallest absolute Gasteiger partial charge is 0.335 e. The summed E-state index contributed by atoms with van der Waals surface area (Å²) in [5.41, 5.74) is 6.22. The second kappa shape index (κ2) is 7.45. The average Bonchev–Trinajstić information content (AvgIpc) is 2.34. The number of carbonyl (C=O) groups is 1. The van der Waals surface area contributed by atoms with Gasteiger partial charge in [-0.1, -0.05) is 30.3 Å². The number of benzene rings is 1. The number of nitrogens with zero attached hydrogens (tertiary/aromatic N) is 3. The largest absolute Gasteiger partial charge is 0.350 e. The van der Waals surface area contributed by atoms with Gasteiger partial charge in [0.1, 0.15) is 0 Å². The zero-order valence-corrected chi connectivity index (χ0v) is 10.9. The van der Waals surface area contributed by atoms with Gasteiger partial charge in [0.05, 0.1) is 6.21 Å². The SMILES string of the molecule is CN(C)CCCN(/N=C\c1ccccc1)C(N)=O. The summed E-state index contributed by atoms with van der Waals surface area (Å²) in [6.45, 7) is 1.42. The van der Waals surface area contributed by atoms with Crippen LogP contribution in [0.3, 0.4) is 0 Å². The van der Waals surface area contributed by atoms with Gasteiger partial charge in [-0.05, 0) is 32.6 Å². The summed E-state index contributed by atoms with van der Waals surface area (Å²) < 4.78 is 0. The molecule has 98 valence electrons.